The molecule has 9 nitrogen and oxygen atoms in total. The number of nitrogens with zero attached hydrogens (tertiary/aromatic N) is 4. The van der Waals surface area contributed by atoms with Crippen LogP contribution in [0.25, 0.3) is 22.0 Å². The van der Waals surface area contributed by atoms with Crippen LogP contribution in [0.2, 0.25) is 0 Å². The molecule has 2 N–H and O–H groups in total. The van der Waals surface area contributed by atoms with Gasteiger partial charge in [-0.2, -0.15) is 0 Å². The Hall–Kier alpha value is -5.02. The van der Waals surface area contributed by atoms with Crippen molar-refractivity contribution >= 4 is 34.3 Å². The molecular formula is C36H38N6O3. The quantitative estimate of drug-likeness (QED) is 0.167. The minimum Gasteiger partial charge on any atom is -0.488 e. The van der Waals surface area contributed by atoms with Gasteiger partial charge >= 0.3 is 0 Å². The highest BCUT2D eigenvalue weighted by Crippen LogP contribution is 2.36. The van der Waals surface area contributed by atoms with E-state index < -0.39 is 0 Å². The summed E-state index contributed by atoms with van der Waals surface area (Å²) >= 11 is 0. The number of rotatable bonds is 11. The molecule has 0 bridgehead atoms. The van der Waals surface area contributed by atoms with Gasteiger partial charge in [0.05, 0.1) is 18.7 Å². The fourth-order valence-electron chi connectivity index (χ4n) is 5.38. The maximum absolute atomic E-state index is 13.3. The number of anilines is 3. The van der Waals surface area contributed by atoms with Gasteiger partial charge in [0.25, 0.3) is 5.91 Å². The molecule has 0 aliphatic carbocycles. The number of benzene rings is 3. The smallest absolute Gasteiger partial charge is 0.255 e. The van der Waals surface area contributed by atoms with Gasteiger partial charge in [-0.3, -0.25) is 4.79 Å². The number of aromatic nitrogens is 3. The van der Waals surface area contributed by atoms with Gasteiger partial charge in [-0.25, -0.2) is 15.0 Å². The summed E-state index contributed by atoms with van der Waals surface area (Å²) in [5.74, 6) is 1.88. The zero-order chi connectivity index (χ0) is 31.0. The third kappa shape index (κ3) is 7.38. The SMILES string of the molecule is CCC(CC)Nc1ncc2cc(-c3cccc(NC(=O)c4ccnc(N5CCOCC5)c4)c3)c(OCc3ccccc3)cc2n1. The molecule has 0 saturated carbocycles. The summed E-state index contributed by atoms with van der Waals surface area (Å²) in [6.45, 7) is 7.52. The predicted molar refractivity (Wildman–Crippen MR) is 179 cm³/mol. The number of nitrogens with one attached hydrogen (secondary N) is 2. The molecule has 5 aromatic rings. The first-order valence-corrected chi connectivity index (χ1v) is 15.5. The van der Waals surface area contributed by atoms with E-state index in [9.17, 15) is 4.79 Å². The zero-order valence-corrected chi connectivity index (χ0v) is 25.7. The minimum absolute atomic E-state index is 0.200. The molecule has 0 spiro atoms. The second-order valence-electron chi connectivity index (χ2n) is 11.1. The van der Waals surface area contributed by atoms with E-state index in [2.05, 4.69) is 45.4 Å². The standard InChI is InChI=1S/C36H38N6O3/c1-3-29(4-2)40-36-38-23-28-20-31(33(22-32(28)41-36)45-24-25-9-6-5-7-10-25)26-11-8-12-30(19-26)39-35(43)27-13-14-37-34(21-27)42-15-17-44-18-16-42/h5-14,19-23,29H,3-4,15-18,24H2,1-2H3,(H,39,43)(H,38,40,41). The number of morpholine rings is 1. The summed E-state index contributed by atoms with van der Waals surface area (Å²) in [6, 6.07) is 25.8. The summed E-state index contributed by atoms with van der Waals surface area (Å²) in [7, 11) is 0. The van der Waals surface area contributed by atoms with E-state index in [4.69, 9.17) is 14.5 Å². The molecule has 3 aromatic carbocycles. The first-order chi connectivity index (χ1) is 22.1. The summed E-state index contributed by atoms with van der Waals surface area (Å²) in [5.41, 5.74) is 4.88. The van der Waals surface area contributed by atoms with Crippen molar-refractivity contribution < 1.29 is 14.3 Å². The highest BCUT2D eigenvalue weighted by atomic mass is 16.5. The average molecular weight is 603 g/mol. The van der Waals surface area contributed by atoms with Crippen molar-refractivity contribution in [1.29, 1.82) is 0 Å². The number of ether oxygens (including phenoxy) is 2. The summed E-state index contributed by atoms with van der Waals surface area (Å²) in [5, 5.41) is 7.40. The minimum atomic E-state index is -0.200. The average Bonchev–Trinajstić information content (AvgIpc) is 3.10. The van der Waals surface area contributed by atoms with Crippen molar-refractivity contribution in [3.05, 3.63) is 102 Å². The van der Waals surface area contributed by atoms with Gasteiger partial charge in [-0.1, -0.05) is 56.3 Å². The van der Waals surface area contributed by atoms with Crippen molar-refractivity contribution in [1.82, 2.24) is 15.0 Å². The summed E-state index contributed by atoms with van der Waals surface area (Å²) in [4.78, 5) is 29.3. The zero-order valence-electron chi connectivity index (χ0n) is 25.7. The normalized spacial score (nSPS) is 13.2. The van der Waals surface area contributed by atoms with E-state index in [0.717, 1.165) is 59.3 Å². The molecule has 0 unspecified atom stereocenters. The molecule has 6 rings (SSSR count). The highest BCUT2D eigenvalue weighted by Gasteiger charge is 2.16. The Balaban J connectivity index is 1.29. The fraction of sp³-hybridized carbons (Fsp3) is 0.278. The number of fused-ring (bicyclic) bond motifs is 1. The lowest BCUT2D eigenvalue weighted by molar-refractivity contribution is 0.102. The van der Waals surface area contributed by atoms with Gasteiger partial charge < -0.3 is 25.0 Å². The second kappa shape index (κ2) is 14.2. The van der Waals surface area contributed by atoms with E-state index in [-0.39, 0.29) is 5.91 Å². The molecule has 1 aliphatic heterocycles. The second-order valence-corrected chi connectivity index (χ2v) is 11.1. The van der Waals surface area contributed by atoms with E-state index in [1.807, 2.05) is 72.9 Å². The van der Waals surface area contributed by atoms with Gasteiger partial charge in [-0.05, 0) is 54.3 Å². The van der Waals surface area contributed by atoms with Crippen molar-refractivity contribution in [2.24, 2.45) is 0 Å². The highest BCUT2D eigenvalue weighted by molar-refractivity contribution is 6.05. The van der Waals surface area contributed by atoms with E-state index in [0.29, 0.717) is 48.8 Å². The van der Waals surface area contributed by atoms with Crippen LogP contribution in [0.4, 0.5) is 17.5 Å². The van der Waals surface area contributed by atoms with Crippen LogP contribution in [-0.4, -0.2) is 53.2 Å². The van der Waals surface area contributed by atoms with Crippen LogP contribution in [0.3, 0.4) is 0 Å². The number of carbonyl (C=O) groups excluding carboxylic acids is 1. The Morgan fingerprint density at radius 3 is 2.58 bits per heavy atom. The lowest BCUT2D eigenvalue weighted by Crippen LogP contribution is -2.36. The van der Waals surface area contributed by atoms with Gasteiger partial charge in [0, 0.05) is 59.8 Å². The molecule has 1 aliphatic rings. The van der Waals surface area contributed by atoms with Crippen molar-refractivity contribution in [2.75, 3.05) is 41.8 Å². The monoisotopic (exact) mass is 602 g/mol. The Morgan fingerprint density at radius 2 is 1.78 bits per heavy atom. The maximum atomic E-state index is 13.3. The molecule has 3 heterocycles. The van der Waals surface area contributed by atoms with Crippen LogP contribution in [0.5, 0.6) is 5.75 Å². The van der Waals surface area contributed by atoms with Crippen LogP contribution in [0, 0.1) is 0 Å². The first-order valence-electron chi connectivity index (χ1n) is 15.5. The molecule has 1 fully saturated rings. The molecule has 1 saturated heterocycles. The Labute approximate surface area is 263 Å². The first kappa shape index (κ1) is 30.0. The molecule has 230 valence electrons. The van der Waals surface area contributed by atoms with Crippen molar-refractivity contribution in [2.45, 2.75) is 39.3 Å². The van der Waals surface area contributed by atoms with Gasteiger partial charge in [-0.15, -0.1) is 0 Å². The third-order valence-electron chi connectivity index (χ3n) is 8.01. The lowest BCUT2D eigenvalue weighted by atomic mass is 10.0. The molecule has 45 heavy (non-hydrogen) atoms. The number of carbonyl (C=O) groups is 1. The predicted octanol–water partition coefficient (Wildman–Crippen LogP) is 6.96. The van der Waals surface area contributed by atoms with Crippen LogP contribution < -0.4 is 20.3 Å². The van der Waals surface area contributed by atoms with Crippen LogP contribution >= 0.6 is 0 Å². The van der Waals surface area contributed by atoms with Gasteiger partial charge in [0.1, 0.15) is 18.2 Å². The van der Waals surface area contributed by atoms with Crippen molar-refractivity contribution in [3.8, 4) is 16.9 Å². The molecule has 2 aromatic heterocycles. The summed E-state index contributed by atoms with van der Waals surface area (Å²) in [6.07, 6.45) is 5.50. The Morgan fingerprint density at radius 1 is 0.956 bits per heavy atom. The molecular weight excluding hydrogens is 564 g/mol. The van der Waals surface area contributed by atoms with E-state index in [1.165, 1.54) is 0 Å². The maximum Gasteiger partial charge on any atom is 0.255 e. The van der Waals surface area contributed by atoms with Crippen LogP contribution in [0.1, 0.15) is 42.6 Å². The molecule has 1 amide bonds. The number of amides is 1. The fourth-order valence-corrected chi connectivity index (χ4v) is 5.38. The Kier molecular flexibility index (Phi) is 9.46. The summed E-state index contributed by atoms with van der Waals surface area (Å²) < 4.78 is 11.9. The number of hydrogen-bond donors (Lipinski definition) is 2. The largest absolute Gasteiger partial charge is 0.488 e. The number of hydrogen-bond acceptors (Lipinski definition) is 8. The van der Waals surface area contributed by atoms with Gasteiger partial charge in [0.15, 0.2) is 0 Å². The van der Waals surface area contributed by atoms with E-state index in [1.54, 1.807) is 12.3 Å². The van der Waals surface area contributed by atoms with Crippen LogP contribution in [0.15, 0.2) is 91.3 Å². The topological polar surface area (TPSA) is 102 Å². The van der Waals surface area contributed by atoms with E-state index >= 15 is 0 Å². The Bertz CT molecular complexity index is 1750. The molecule has 0 radical (unpaired) electrons. The van der Waals surface area contributed by atoms with Crippen LogP contribution in [-0.2, 0) is 11.3 Å². The lowest BCUT2D eigenvalue weighted by Gasteiger charge is -2.27. The van der Waals surface area contributed by atoms with Gasteiger partial charge in [0.2, 0.25) is 5.95 Å². The van der Waals surface area contributed by atoms with Crippen molar-refractivity contribution in [3.63, 3.8) is 0 Å². The molecule has 9 heteroatoms. The third-order valence-corrected chi connectivity index (χ3v) is 8.01. The molecule has 0 atom stereocenters. The number of pyridine rings is 1.